The summed E-state index contributed by atoms with van der Waals surface area (Å²) in [4.78, 5) is 22.2. The highest BCUT2D eigenvalue weighted by Crippen LogP contribution is 2.15. The van der Waals surface area contributed by atoms with Crippen LogP contribution in [0.25, 0.3) is 0 Å². The zero-order chi connectivity index (χ0) is 16.4. The summed E-state index contributed by atoms with van der Waals surface area (Å²) in [6.07, 6.45) is 2.88. The van der Waals surface area contributed by atoms with Crippen molar-refractivity contribution in [2.45, 2.75) is 52.1 Å². The van der Waals surface area contributed by atoms with Crippen molar-refractivity contribution in [2.75, 3.05) is 6.54 Å². The van der Waals surface area contributed by atoms with E-state index in [-0.39, 0.29) is 18.4 Å². The number of carboxylic acids is 1. The Morgan fingerprint density at radius 2 is 2.00 bits per heavy atom. The molecule has 122 valence electrons. The van der Waals surface area contributed by atoms with Crippen molar-refractivity contribution in [3.05, 3.63) is 29.8 Å². The monoisotopic (exact) mass is 307 g/mol. The summed E-state index contributed by atoms with van der Waals surface area (Å²) in [5, 5.41) is 11.4. The predicted octanol–water partition coefficient (Wildman–Crippen LogP) is 2.78. The van der Waals surface area contributed by atoms with Gasteiger partial charge < -0.3 is 15.2 Å². The first-order valence-corrected chi connectivity index (χ1v) is 7.71. The Hall–Kier alpha value is -2.04. The molecule has 0 aliphatic heterocycles. The van der Waals surface area contributed by atoms with Gasteiger partial charge in [-0.05, 0) is 44.4 Å². The van der Waals surface area contributed by atoms with Crippen LogP contribution in [0.15, 0.2) is 24.3 Å². The van der Waals surface area contributed by atoms with E-state index in [4.69, 9.17) is 9.84 Å². The van der Waals surface area contributed by atoms with E-state index in [1.807, 2.05) is 38.1 Å². The highest BCUT2D eigenvalue weighted by molar-refractivity contribution is 5.78. The molecule has 0 aliphatic rings. The maximum Gasteiger partial charge on any atom is 0.303 e. The Morgan fingerprint density at radius 1 is 1.23 bits per heavy atom. The van der Waals surface area contributed by atoms with Gasteiger partial charge in [0.25, 0.3) is 0 Å². The number of carbonyl (C=O) groups is 2. The number of ether oxygens (including phenoxy) is 1. The number of hydrogen-bond donors (Lipinski definition) is 2. The van der Waals surface area contributed by atoms with Crippen LogP contribution in [0.3, 0.4) is 0 Å². The van der Waals surface area contributed by atoms with E-state index in [9.17, 15) is 9.59 Å². The molecule has 2 N–H and O–H groups in total. The molecule has 0 spiro atoms. The Labute approximate surface area is 131 Å². The summed E-state index contributed by atoms with van der Waals surface area (Å²) in [5.41, 5.74) is 0.918. The number of unbranched alkanes of at least 4 members (excludes halogenated alkanes) is 2. The average molecular weight is 307 g/mol. The maximum atomic E-state index is 11.8. The lowest BCUT2D eigenvalue weighted by Crippen LogP contribution is -2.26. The van der Waals surface area contributed by atoms with Gasteiger partial charge in [-0.3, -0.25) is 9.59 Å². The van der Waals surface area contributed by atoms with Crippen LogP contribution in [0.2, 0.25) is 0 Å². The van der Waals surface area contributed by atoms with Crippen LogP contribution in [-0.2, 0) is 16.0 Å². The molecule has 0 bridgehead atoms. The lowest BCUT2D eigenvalue weighted by atomic mass is 10.1. The van der Waals surface area contributed by atoms with Crippen molar-refractivity contribution in [2.24, 2.45) is 0 Å². The van der Waals surface area contributed by atoms with Crippen molar-refractivity contribution < 1.29 is 19.4 Å². The van der Waals surface area contributed by atoms with Crippen LogP contribution in [0.5, 0.6) is 5.75 Å². The van der Waals surface area contributed by atoms with E-state index in [1.165, 1.54) is 0 Å². The van der Waals surface area contributed by atoms with Gasteiger partial charge in [0.1, 0.15) is 5.75 Å². The van der Waals surface area contributed by atoms with E-state index in [0.717, 1.165) is 24.2 Å². The first-order valence-electron chi connectivity index (χ1n) is 7.71. The van der Waals surface area contributed by atoms with Gasteiger partial charge in [0.15, 0.2) is 0 Å². The molecule has 0 unspecified atom stereocenters. The highest BCUT2D eigenvalue weighted by Gasteiger charge is 2.05. The zero-order valence-corrected chi connectivity index (χ0v) is 13.3. The topological polar surface area (TPSA) is 75.6 Å². The van der Waals surface area contributed by atoms with Crippen molar-refractivity contribution in [1.82, 2.24) is 5.32 Å². The molecule has 0 aliphatic carbocycles. The molecule has 0 fully saturated rings. The third-order valence-electron chi connectivity index (χ3n) is 3.02. The van der Waals surface area contributed by atoms with E-state index in [1.54, 1.807) is 0 Å². The SMILES string of the molecule is CC(C)Oc1cccc(CC(=O)NCCCCCC(=O)O)c1. The first-order chi connectivity index (χ1) is 10.5. The predicted molar refractivity (Wildman–Crippen MR) is 85.0 cm³/mol. The van der Waals surface area contributed by atoms with Gasteiger partial charge >= 0.3 is 5.97 Å². The summed E-state index contributed by atoms with van der Waals surface area (Å²) in [6.45, 7) is 4.51. The van der Waals surface area contributed by atoms with Crippen molar-refractivity contribution in [3.8, 4) is 5.75 Å². The van der Waals surface area contributed by atoms with Gasteiger partial charge in [0, 0.05) is 13.0 Å². The van der Waals surface area contributed by atoms with E-state index >= 15 is 0 Å². The van der Waals surface area contributed by atoms with Gasteiger partial charge in [-0.25, -0.2) is 0 Å². The summed E-state index contributed by atoms with van der Waals surface area (Å²) in [6, 6.07) is 7.54. The minimum absolute atomic E-state index is 0.0278. The molecule has 1 aromatic rings. The smallest absolute Gasteiger partial charge is 0.303 e. The fourth-order valence-corrected chi connectivity index (χ4v) is 2.05. The molecule has 0 aromatic heterocycles. The molecule has 5 heteroatoms. The molecule has 0 heterocycles. The first kappa shape index (κ1) is 18.0. The van der Waals surface area contributed by atoms with Crippen LogP contribution in [0.4, 0.5) is 0 Å². The molecular weight excluding hydrogens is 282 g/mol. The lowest BCUT2D eigenvalue weighted by molar-refractivity contribution is -0.137. The number of benzene rings is 1. The molecule has 0 radical (unpaired) electrons. The number of amides is 1. The largest absolute Gasteiger partial charge is 0.491 e. The molecule has 0 saturated heterocycles. The number of rotatable bonds is 10. The number of hydrogen-bond acceptors (Lipinski definition) is 3. The second-order valence-electron chi connectivity index (χ2n) is 5.55. The fraction of sp³-hybridized carbons (Fsp3) is 0.529. The Bertz CT molecular complexity index is 485. The van der Waals surface area contributed by atoms with Crippen LogP contribution in [-0.4, -0.2) is 29.6 Å². The summed E-state index contributed by atoms with van der Waals surface area (Å²) in [5.74, 6) is -0.0264. The normalized spacial score (nSPS) is 10.5. The second-order valence-corrected chi connectivity index (χ2v) is 5.55. The zero-order valence-electron chi connectivity index (χ0n) is 13.3. The van der Waals surface area contributed by atoms with Crippen LogP contribution in [0.1, 0.15) is 45.1 Å². The standard InChI is InChI=1S/C17H25NO4/c1-13(2)22-15-8-6-7-14(11-15)12-16(19)18-10-5-3-4-9-17(20)21/h6-8,11,13H,3-5,9-10,12H2,1-2H3,(H,18,19)(H,20,21). The molecule has 0 saturated carbocycles. The minimum Gasteiger partial charge on any atom is -0.491 e. The molecule has 22 heavy (non-hydrogen) atoms. The number of carboxylic acid groups (broad SMARTS) is 1. The van der Waals surface area contributed by atoms with Crippen LogP contribution >= 0.6 is 0 Å². The molecule has 1 rings (SSSR count). The third-order valence-corrected chi connectivity index (χ3v) is 3.02. The van der Waals surface area contributed by atoms with E-state index in [0.29, 0.717) is 19.4 Å². The Balaban J connectivity index is 2.25. The van der Waals surface area contributed by atoms with Gasteiger partial charge in [0.2, 0.25) is 5.91 Å². The van der Waals surface area contributed by atoms with Crippen molar-refractivity contribution in [1.29, 1.82) is 0 Å². The van der Waals surface area contributed by atoms with Crippen LogP contribution < -0.4 is 10.1 Å². The number of carbonyl (C=O) groups excluding carboxylic acids is 1. The quantitative estimate of drug-likeness (QED) is 0.652. The maximum absolute atomic E-state index is 11.8. The van der Waals surface area contributed by atoms with E-state index in [2.05, 4.69) is 5.32 Å². The van der Waals surface area contributed by atoms with Gasteiger partial charge in [0.05, 0.1) is 12.5 Å². The molecule has 5 nitrogen and oxygen atoms in total. The van der Waals surface area contributed by atoms with Gasteiger partial charge in [-0.15, -0.1) is 0 Å². The van der Waals surface area contributed by atoms with Gasteiger partial charge in [-0.1, -0.05) is 18.6 Å². The number of nitrogens with one attached hydrogen (secondary N) is 1. The lowest BCUT2D eigenvalue weighted by Gasteiger charge is -2.11. The third kappa shape index (κ3) is 8.29. The molecule has 0 atom stereocenters. The van der Waals surface area contributed by atoms with E-state index < -0.39 is 5.97 Å². The van der Waals surface area contributed by atoms with Crippen molar-refractivity contribution in [3.63, 3.8) is 0 Å². The summed E-state index contributed by atoms with van der Waals surface area (Å²) in [7, 11) is 0. The molecule has 1 aromatic carbocycles. The summed E-state index contributed by atoms with van der Waals surface area (Å²) < 4.78 is 5.60. The average Bonchev–Trinajstić information content (AvgIpc) is 2.42. The minimum atomic E-state index is -0.771. The second kappa shape index (κ2) is 9.82. The van der Waals surface area contributed by atoms with Gasteiger partial charge in [-0.2, -0.15) is 0 Å². The Kier molecular flexibility index (Phi) is 8.04. The van der Waals surface area contributed by atoms with Crippen molar-refractivity contribution >= 4 is 11.9 Å². The number of aliphatic carboxylic acids is 1. The molecular formula is C17H25NO4. The fourth-order valence-electron chi connectivity index (χ4n) is 2.05. The molecule has 1 amide bonds. The Morgan fingerprint density at radius 3 is 2.68 bits per heavy atom. The van der Waals surface area contributed by atoms with Crippen LogP contribution in [0, 0.1) is 0 Å². The summed E-state index contributed by atoms with van der Waals surface area (Å²) >= 11 is 0. The highest BCUT2D eigenvalue weighted by atomic mass is 16.5.